The molecule has 0 saturated carbocycles. The molecule has 9 nitrogen and oxygen atoms in total. The van der Waals surface area contributed by atoms with Crippen molar-refractivity contribution in [1.29, 1.82) is 0 Å². The van der Waals surface area contributed by atoms with Crippen LogP contribution in [-0.2, 0) is 20.8 Å². The molecule has 3 atom stereocenters. The summed E-state index contributed by atoms with van der Waals surface area (Å²) < 4.78 is 0. The van der Waals surface area contributed by atoms with Crippen LogP contribution in [0, 0.1) is 0 Å². The highest BCUT2D eigenvalue weighted by Gasteiger charge is 2.29. The van der Waals surface area contributed by atoms with Gasteiger partial charge in [-0.1, -0.05) is 29.8 Å². The summed E-state index contributed by atoms with van der Waals surface area (Å²) in [7, 11) is 0. The van der Waals surface area contributed by atoms with E-state index in [2.05, 4.69) is 0 Å². The molecule has 1 aromatic heterocycles. The second-order valence-corrected chi connectivity index (χ2v) is 7.29. The number of benzene rings is 1. The van der Waals surface area contributed by atoms with E-state index in [-0.39, 0.29) is 0 Å². The predicted octanol–water partition coefficient (Wildman–Crippen LogP) is 1.80. The van der Waals surface area contributed by atoms with Crippen molar-refractivity contribution in [2.24, 2.45) is 0 Å². The van der Waals surface area contributed by atoms with Crippen LogP contribution in [0.3, 0.4) is 0 Å². The lowest BCUT2D eigenvalue weighted by molar-refractivity contribution is -0.165. The summed E-state index contributed by atoms with van der Waals surface area (Å²) in [4.78, 5) is 33.1. The number of carboxylic acids is 3. The highest BCUT2D eigenvalue weighted by atomic mass is 35.5. The van der Waals surface area contributed by atoms with Gasteiger partial charge >= 0.3 is 17.9 Å². The number of likely N-dealkylation sites (N-methyl/N-ethyl adjacent to an activating group) is 1. The molecular formula is C19H22ClNO8S. The molecule has 0 aliphatic carbocycles. The van der Waals surface area contributed by atoms with Crippen LogP contribution >= 0.6 is 22.9 Å². The molecule has 30 heavy (non-hydrogen) atoms. The lowest BCUT2D eigenvalue weighted by Gasteiger charge is -2.28. The number of hydrogen-bond donors (Lipinski definition) is 5. The van der Waals surface area contributed by atoms with Crippen LogP contribution in [0.15, 0.2) is 41.8 Å². The maximum Gasteiger partial charge on any atom is 0.335 e. The highest BCUT2D eigenvalue weighted by Crippen LogP contribution is 2.26. The molecule has 0 amide bonds. The van der Waals surface area contributed by atoms with Gasteiger partial charge in [0, 0.05) is 18.0 Å². The monoisotopic (exact) mass is 459 g/mol. The van der Waals surface area contributed by atoms with Gasteiger partial charge in [-0.15, -0.1) is 11.3 Å². The molecule has 0 saturated heterocycles. The first-order chi connectivity index (χ1) is 14.1. The number of anilines is 1. The van der Waals surface area contributed by atoms with Crippen molar-refractivity contribution in [3.05, 3.63) is 52.4 Å². The van der Waals surface area contributed by atoms with E-state index < -0.39 is 36.2 Å². The molecule has 0 radical (unpaired) electrons. The molecule has 5 N–H and O–H groups in total. The molecule has 1 aromatic carbocycles. The van der Waals surface area contributed by atoms with Crippen LogP contribution in [0.1, 0.15) is 12.5 Å². The van der Waals surface area contributed by atoms with Gasteiger partial charge in [0.05, 0.1) is 5.00 Å². The Kier molecular flexibility index (Phi) is 10.3. The number of hydrogen-bond acceptors (Lipinski definition) is 7. The number of rotatable bonds is 9. The van der Waals surface area contributed by atoms with Crippen LogP contribution in [0.25, 0.3) is 0 Å². The molecule has 2 rings (SSSR count). The van der Waals surface area contributed by atoms with Gasteiger partial charge in [0.1, 0.15) is 6.04 Å². The highest BCUT2D eigenvalue weighted by molar-refractivity contribution is 7.14. The maximum atomic E-state index is 11.6. The number of nitrogens with zero attached hydrogens (tertiary/aromatic N) is 1. The summed E-state index contributed by atoms with van der Waals surface area (Å²) in [6.07, 6.45) is -4.14. The minimum Gasteiger partial charge on any atom is -0.480 e. The van der Waals surface area contributed by atoms with Crippen LogP contribution in [0.4, 0.5) is 5.00 Å². The van der Waals surface area contributed by atoms with E-state index in [4.69, 9.17) is 32.0 Å². The quantitative estimate of drug-likeness (QED) is 0.377. The van der Waals surface area contributed by atoms with Gasteiger partial charge < -0.3 is 30.4 Å². The summed E-state index contributed by atoms with van der Waals surface area (Å²) in [5, 5.41) is 45.6. The van der Waals surface area contributed by atoms with E-state index in [1.165, 1.54) is 0 Å². The second kappa shape index (κ2) is 12.1. The van der Waals surface area contributed by atoms with E-state index in [0.29, 0.717) is 18.0 Å². The Morgan fingerprint density at radius 1 is 0.967 bits per heavy atom. The van der Waals surface area contributed by atoms with Crippen molar-refractivity contribution in [3.8, 4) is 0 Å². The molecular weight excluding hydrogens is 438 g/mol. The average Bonchev–Trinajstić information content (AvgIpc) is 3.22. The summed E-state index contributed by atoms with van der Waals surface area (Å²) >= 11 is 7.68. The SMILES string of the molecule is CCN(c1cccs1)C(Cc1ccccc1Cl)C(=O)O.O=C(O)C(O)C(O)C(=O)O. The molecule has 164 valence electrons. The molecule has 1 heterocycles. The average molecular weight is 460 g/mol. The van der Waals surface area contributed by atoms with Crippen molar-refractivity contribution in [1.82, 2.24) is 0 Å². The van der Waals surface area contributed by atoms with Crippen LogP contribution < -0.4 is 4.90 Å². The third-order valence-corrected chi connectivity index (χ3v) is 5.24. The minimum atomic E-state index is -2.27. The Bertz CT molecular complexity index is 827. The standard InChI is InChI=1S/C15H16ClNO2S.C4H6O6/c1-2-17(14-8-5-9-20-14)13(15(18)19)10-11-6-3-4-7-12(11)16;5-1(3(7)8)2(6)4(9)10/h3-9,13H,2,10H2,1H3,(H,18,19);1-2,5-6H,(H,7,8)(H,9,10). The van der Waals surface area contributed by atoms with Crippen LogP contribution in [0.5, 0.6) is 0 Å². The third kappa shape index (κ3) is 7.30. The molecule has 11 heteroatoms. The van der Waals surface area contributed by atoms with Gasteiger partial charge in [-0.2, -0.15) is 0 Å². The normalized spacial score (nSPS) is 13.3. The molecule has 0 fully saturated rings. The number of carbonyl (C=O) groups is 3. The Labute approximate surface area is 181 Å². The smallest absolute Gasteiger partial charge is 0.335 e. The first-order valence-corrected chi connectivity index (χ1v) is 9.94. The van der Waals surface area contributed by atoms with E-state index in [1.807, 2.05) is 47.5 Å². The van der Waals surface area contributed by atoms with Gasteiger partial charge in [-0.05, 0) is 36.1 Å². The lowest BCUT2D eigenvalue weighted by Crippen LogP contribution is -2.42. The molecule has 0 aliphatic heterocycles. The van der Waals surface area contributed by atoms with E-state index >= 15 is 0 Å². The Balaban J connectivity index is 0.000000382. The van der Waals surface area contributed by atoms with Gasteiger partial charge in [-0.3, -0.25) is 0 Å². The Morgan fingerprint density at radius 3 is 1.93 bits per heavy atom. The third-order valence-electron chi connectivity index (χ3n) is 3.97. The zero-order valence-corrected chi connectivity index (χ0v) is 17.5. The van der Waals surface area contributed by atoms with Gasteiger partial charge in [0.25, 0.3) is 0 Å². The van der Waals surface area contributed by atoms with Crippen molar-refractivity contribution >= 4 is 45.8 Å². The molecule has 3 unspecified atom stereocenters. The molecule has 0 spiro atoms. The van der Waals surface area contributed by atoms with E-state index in [0.717, 1.165) is 10.6 Å². The number of halogens is 1. The van der Waals surface area contributed by atoms with E-state index in [1.54, 1.807) is 17.4 Å². The first kappa shape index (κ1) is 25.4. The lowest BCUT2D eigenvalue weighted by atomic mass is 10.0. The second-order valence-electron chi connectivity index (χ2n) is 5.95. The van der Waals surface area contributed by atoms with E-state index in [9.17, 15) is 19.5 Å². The molecule has 0 aliphatic rings. The number of aliphatic carboxylic acids is 3. The molecule has 2 aromatic rings. The fraction of sp³-hybridized carbons (Fsp3) is 0.316. The number of aliphatic hydroxyl groups is 2. The van der Waals surface area contributed by atoms with Crippen molar-refractivity contribution in [2.45, 2.75) is 31.6 Å². The number of aliphatic hydroxyl groups excluding tert-OH is 2. The fourth-order valence-corrected chi connectivity index (χ4v) is 3.49. The summed E-state index contributed by atoms with van der Waals surface area (Å²) in [5.74, 6) is -4.37. The Morgan fingerprint density at radius 2 is 1.53 bits per heavy atom. The zero-order valence-electron chi connectivity index (χ0n) is 15.9. The maximum absolute atomic E-state index is 11.6. The topological polar surface area (TPSA) is 156 Å². The van der Waals surface area contributed by atoms with Crippen LogP contribution in [0.2, 0.25) is 5.02 Å². The number of thiophene rings is 1. The molecule has 0 bridgehead atoms. The van der Waals surface area contributed by atoms with Crippen molar-refractivity contribution in [3.63, 3.8) is 0 Å². The zero-order chi connectivity index (χ0) is 22.8. The van der Waals surface area contributed by atoms with Gasteiger partial charge in [-0.25, -0.2) is 14.4 Å². The predicted molar refractivity (Wildman–Crippen MR) is 111 cm³/mol. The summed E-state index contributed by atoms with van der Waals surface area (Å²) in [6.45, 7) is 2.60. The van der Waals surface area contributed by atoms with Gasteiger partial charge in [0.15, 0.2) is 12.2 Å². The van der Waals surface area contributed by atoms with Crippen molar-refractivity contribution in [2.75, 3.05) is 11.4 Å². The number of carboxylic acid groups (broad SMARTS) is 3. The minimum absolute atomic E-state index is 0.390. The van der Waals surface area contributed by atoms with Crippen LogP contribution in [-0.4, -0.2) is 68.2 Å². The fourth-order valence-electron chi connectivity index (χ4n) is 2.44. The summed E-state index contributed by atoms with van der Waals surface area (Å²) in [6, 6.07) is 10.6. The largest absolute Gasteiger partial charge is 0.480 e. The van der Waals surface area contributed by atoms with Gasteiger partial charge in [0.2, 0.25) is 0 Å². The Hall–Kier alpha value is -2.66. The first-order valence-electron chi connectivity index (χ1n) is 8.68. The summed E-state index contributed by atoms with van der Waals surface area (Å²) in [5.41, 5.74) is 0.858. The van der Waals surface area contributed by atoms with Crippen molar-refractivity contribution < 1.29 is 39.9 Å².